The second kappa shape index (κ2) is 16.1. The summed E-state index contributed by atoms with van der Waals surface area (Å²) in [5, 5.41) is 11.2. The lowest BCUT2D eigenvalue weighted by atomic mass is 10.1. The summed E-state index contributed by atoms with van der Waals surface area (Å²) in [5.74, 6) is 0.203. The van der Waals surface area contributed by atoms with Gasteiger partial charge in [-0.1, -0.05) is 97.3 Å². The van der Waals surface area contributed by atoms with E-state index in [1.807, 2.05) is 0 Å². The maximum absolute atomic E-state index is 12.5. The van der Waals surface area contributed by atoms with Crippen LogP contribution >= 0.6 is 0 Å². The Morgan fingerprint density at radius 1 is 0.640 bits per heavy atom. The predicted octanol–water partition coefficient (Wildman–Crippen LogP) is 6.48. The van der Waals surface area contributed by atoms with Gasteiger partial charge in [0.15, 0.2) is 9.84 Å². The Balaban J connectivity index is 3.95. The van der Waals surface area contributed by atoms with Gasteiger partial charge in [-0.3, -0.25) is 0 Å². The minimum Gasteiger partial charge on any atom is -0.232 e. The van der Waals surface area contributed by atoms with Crippen LogP contribution in [-0.2, 0) is 14.9 Å². The molecule has 0 saturated heterocycles. The standard InChI is InChI=1S/C21H43O3S/c1-4-6-8-10-11-12-13-15-17-19-25(23,24)21(20(3)22)18-16-14-9-7-5-2/h20-21H,4-19H2,1-3H3. The van der Waals surface area contributed by atoms with Crippen LogP contribution in [-0.4, -0.2) is 25.5 Å². The molecule has 151 valence electrons. The van der Waals surface area contributed by atoms with Gasteiger partial charge >= 0.3 is 0 Å². The number of rotatable bonds is 18. The van der Waals surface area contributed by atoms with Crippen LogP contribution in [0.2, 0.25) is 0 Å². The van der Waals surface area contributed by atoms with Crippen molar-refractivity contribution in [3.8, 4) is 0 Å². The molecule has 0 aliphatic carbocycles. The predicted molar refractivity (Wildman–Crippen MR) is 108 cm³/mol. The molecule has 25 heavy (non-hydrogen) atoms. The molecule has 0 aromatic rings. The van der Waals surface area contributed by atoms with E-state index in [0.29, 0.717) is 6.42 Å². The third-order valence-corrected chi connectivity index (χ3v) is 7.51. The molecule has 0 saturated carbocycles. The van der Waals surface area contributed by atoms with Crippen LogP contribution in [0, 0.1) is 0 Å². The lowest BCUT2D eigenvalue weighted by Gasteiger charge is -2.19. The zero-order chi connectivity index (χ0) is 19.0. The van der Waals surface area contributed by atoms with Gasteiger partial charge in [0.25, 0.3) is 0 Å². The first-order chi connectivity index (χ1) is 12.0. The van der Waals surface area contributed by atoms with E-state index >= 15 is 0 Å². The van der Waals surface area contributed by atoms with Gasteiger partial charge in [0.1, 0.15) is 6.10 Å². The molecule has 0 aliphatic rings. The smallest absolute Gasteiger partial charge is 0.155 e. The van der Waals surface area contributed by atoms with Gasteiger partial charge in [0, 0.05) is 0 Å². The van der Waals surface area contributed by atoms with Crippen molar-refractivity contribution in [2.75, 3.05) is 5.75 Å². The molecule has 0 rings (SSSR count). The highest BCUT2D eigenvalue weighted by molar-refractivity contribution is 7.92. The van der Waals surface area contributed by atoms with Gasteiger partial charge in [-0.05, 0) is 19.8 Å². The van der Waals surface area contributed by atoms with Crippen molar-refractivity contribution >= 4 is 9.84 Å². The van der Waals surface area contributed by atoms with Gasteiger partial charge in [-0.25, -0.2) is 13.5 Å². The van der Waals surface area contributed by atoms with Crippen molar-refractivity contribution in [2.24, 2.45) is 0 Å². The summed E-state index contributed by atoms with van der Waals surface area (Å²) >= 11 is 0. The lowest BCUT2D eigenvalue weighted by Crippen LogP contribution is -2.33. The molecule has 0 aliphatic heterocycles. The summed E-state index contributed by atoms with van der Waals surface area (Å²) in [5.41, 5.74) is 0. The molecule has 0 aromatic carbocycles. The third-order valence-electron chi connectivity index (χ3n) is 5.11. The van der Waals surface area contributed by atoms with Gasteiger partial charge in [-0.2, -0.15) is 0 Å². The maximum atomic E-state index is 12.5. The minimum absolute atomic E-state index is 0.203. The summed E-state index contributed by atoms with van der Waals surface area (Å²) in [7, 11) is -3.23. The fourth-order valence-electron chi connectivity index (χ4n) is 3.42. The molecule has 2 atom stereocenters. The fraction of sp³-hybridized carbons (Fsp3) is 1.00. The quantitative estimate of drug-likeness (QED) is 0.257. The topological polar surface area (TPSA) is 54.0 Å². The molecule has 3 nitrogen and oxygen atoms in total. The minimum atomic E-state index is -3.23. The van der Waals surface area contributed by atoms with E-state index in [-0.39, 0.29) is 5.75 Å². The van der Waals surface area contributed by atoms with Crippen molar-refractivity contribution in [3.05, 3.63) is 0 Å². The average molecular weight is 376 g/mol. The van der Waals surface area contributed by atoms with Crippen molar-refractivity contribution in [2.45, 2.75) is 128 Å². The average Bonchev–Trinajstić information content (AvgIpc) is 2.56. The van der Waals surface area contributed by atoms with E-state index in [1.54, 1.807) is 0 Å². The molecule has 0 spiro atoms. The van der Waals surface area contributed by atoms with Crippen LogP contribution < -0.4 is 0 Å². The molecule has 0 aromatic heterocycles. The molecule has 0 bridgehead atoms. The SMILES string of the molecule is CCCCCCCCCCCS(=O)(=O)C(CCCCCCC)C(C)[O]. The van der Waals surface area contributed by atoms with E-state index in [2.05, 4.69) is 13.8 Å². The Bertz CT molecular complexity index is 377. The van der Waals surface area contributed by atoms with E-state index in [9.17, 15) is 13.5 Å². The van der Waals surface area contributed by atoms with Crippen LogP contribution in [0.25, 0.3) is 0 Å². The first-order valence-corrected chi connectivity index (χ1v) is 12.5. The van der Waals surface area contributed by atoms with Gasteiger partial charge in [0.2, 0.25) is 0 Å². The summed E-state index contributed by atoms with van der Waals surface area (Å²) in [6.07, 6.45) is 15.5. The van der Waals surface area contributed by atoms with Gasteiger partial charge in [0.05, 0.1) is 11.0 Å². The largest absolute Gasteiger partial charge is 0.232 e. The van der Waals surface area contributed by atoms with Crippen molar-refractivity contribution < 1.29 is 13.5 Å². The number of sulfone groups is 1. The van der Waals surface area contributed by atoms with E-state index in [1.165, 1.54) is 58.3 Å². The van der Waals surface area contributed by atoms with Crippen LogP contribution in [0.1, 0.15) is 117 Å². The third kappa shape index (κ3) is 13.7. The summed E-state index contributed by atoms with van der Waals surface area (Å²) in [6.45, 7) is 5.91. The van der Waals surface area contributed by atoms with Crippen molar-refractivity contribution in [3.63, 3.8) is 0 Å². The Kier molecular flexibility index (Phi) is 16.1. The normalized spacial score (nSPS) is 14.6. The van der Waals surface area contributed by atoms with Crippen LogP contribution in [0.4, 0.5) is 0 Å². The summed E-state index contributed by atoms with van der Waals surface area (Å²) < 4.78 is 25.0. The first-order valence-electron chi connectivity index (χ1n) is 10.8. The van der Waals surface area contributed by atoms with Crippen molar-refractivity contribution in [1.29, 1.82) is 0 Å². The van der Waals surface area contributed by atoms with Crippen LogP contribution in [0.15, 0.2) is 0 Å². The number of unbranched alkanes of at least 4 members (excludes halogenated alkanes) is 12. The molecule has 2 unspecified atom stereocenters. The molecular formula is C21H43O3S. The van der Waals surface area contributed by atoms with E-state index in [0.717, 1.165) is 38.5 Å². The molecule has 0 fully saturated rings. The van der Waals surface area contributed by atoms with Crippen molar-refractivity contribution in [1.82, 2.24) is 0 Å². The second-order valence-corrected chi connectivity index (χ2v) is 9.98. The maximum Gasteiger partial charge on any atom is 0.155 e. The Hall–Kier alpha value is -0.0900. The fourth-order valence-corrected chi connectivity index (χ4v) is 5.44. The highest BCUT2D eigenvalue weighted by atomic mass is 32.2. The van der Waals surface area contributed by atoms with Gasteiger partial charge in [-0.15, -0.1) is 0 Å². The molecule has 1 radical (unpaired) electrons. The highest BCUT2D eigenvalue weighted by Crippen LogP contribution is 2.19. The van der Waals surface area contributed by atoms with Crippen LogP contribution in [0.3, 0.4) is 0 Å². The Morgan fingerprint density at radius 2 is 1.04 bits per heavy atom. The van der Waals surface area contributed by atoms with Gasteiger partial charge < -0.3 is 0 Å². The molecule has 0 N–H and O–H groups in total. The monoisotopic (exact) mass is 375 g/mol. The van der Waals surface area contributed by atoms with E-state index < -0.39 is 21.2 Å². The second-order valence-electron chi connectivity index (χ2n) is 7.64. The number of hydrogen-bond donors (Lipinski definition) is 0. The Labute approximate surface area is 157 Å². The summed E-state index contributed by atoms with van der Waals surface area (Å²) in [4.78, 5) is 0. The molecule has 0 heterocycles. The Morgan fingerprint density at radius 3 is 1.48 bits per heavy atom. The van der Waals surface area contributed by atoms with E-state index in [4.69, 9.17) is 0 Å². The van der Waals surface area contributed by atoms with Crippen LogP contribution in [0.5, 0.6) is 0 Å². The molecule has 4 heteroatoms. The zero-order valence-electron chi connectivity index (χ0n) is 17.1. The highest BCUT2D eigenvalue weighted by Gasteiger charge is 2.29. The number of hydrogen-bond acceptors (Lipinski definition) is 2. The molecular weight excluding hydrogens is 332 g/mol. The zero-order valence-corrected chi connectivity index (χ0v) is 17.9. The molecule has 0 amide bonds. The lowest BCUT2D eigenvalue weighted by molar-refractivity contribution is 0.0976. The summed E-state index contributed by atoms with van der Waals surface area (Å²) in [6, 6.07) is 0. The first kappa shape index (κ1) is 24.9.